The molecule has 0 aliphatic rings. The van der Waals surface area contributed by atoms with Crippen LogP contribution in [-0.2, 0) is 11.3 Å². The minimum absolute atomic E-state index is 0.511. The molecule has 1 rings (SSSR count). The summed E-state index contributed by atoms with van der Waals surface area (Å²) in [6.07, 6.45) is 1.89. The second-order valence-corrected chi connectivity index (χ2v) is 4.21. The van der Waals surface area contributed by atoms with Crippen molar-refractivity contribution in [3.05, 3.63) is 34.9 Å². The smallest absolute Gasteiger partial charge is 0.220 e. The van der Waals surface area contributed by atoms with Gasteiger partial charge >= 0.3 is 0 Å². The maximum atomic E-state index is 5.73. The van der Waals surface area contributed by atoms with Gasteiger partial charge in [0.25, 0.3) is 0 Å². The zero-order valence-electron chi connectivity index (χ0n) is 7.12. The van der Waals surface area contributed by atoms with E-state index >= 15 is 0 Å². The summed E-state index contributed by atoms with van der Waals surface area (Å²) in [7, 11) is 0. The van der Waals surface area contributed by atoms with Crippen LogP contribution in [0.15, 0.2) is 24.3 Å². The van der Waals surface area contributed by atoms with Gasteiger partial charge in [0.05, 0.1) is 0 Å². The molecule has 1 nitrogen and oxygen atoms in total. The van der Waals surface area contributed by atoms with Crippen molar-refractivity contribution in [1.82, 2.24) is 0 Å². The highest BCUT2D eigenvalue weighted by molar-refractivity contribution is 8.22. The summed E-state index contributed by atoms with van der Waals surface area (Å²) < 4.78 is 5.83. The van der Waals surface area contributed by atoms with Crippen molar-refractivity contribution in [2.75, 3.05) is 6.26 Å². The molecule has 0 bridgehead atoms. The SMILES string of the molecule is CSC(=S)OCc1ccc(Cl)cc1. The fourth-order valence-corrected chi connectivity index (χ4v) is 1.14. The molecule has 0 heterocycles. The van der Waals surface area contributed by atoms with Crippen LogP contribution in [0.1, 0.15) is 5.56 Å². The zero-order chi connectivity index (χ0) is 9.68. The lowest BCUT2D eigenvalue weighted by Gasteiger charge is -2.04. The number of benzene rings is 1. The van der Waals surface area contributed by atoms with E-state index in [9.17, 15) is 0 Å². The molecule has 1 aromatic carbocycles. The van der Waals surface area contributed by atoms with Gasteiger partial charge in [0, 0.05) is 5.02 Å². The molecule has 0 amide bonds. The minimum atomic E-state index is 0.511. The average molecular weight is 233 g/mol. The summed E-state index contributed by atoms with van der Waals surface area (Å²) in [5.41, 5.74) is 1.07. The van der Waals surface area contributed by atoms with Gasteiger partial charge < -0.3 is 4.74 Å². The summed E-state index contributed by atoms with van der Waals surface area (Å²) >= 11 is 12.1. The molecular formula is C9H9ClOS2. The van der Waals surface area contributed by atoms with Crippen molar-refractivity contribution in [2.45, 2.75) is 6.61 Å². The Morgan fingerprint density at radius 3 is 2.62 bits per heavy atom. The number of thioether (sulfide) groups is 1. The number of rotatable bonds is 2. The van der Waals surface area contributed by atoms with E-state index in [1.807, 2.05) is 30.5 Å². The fraction of sp³-hybridized carbons (Fsp3) is 0.222. The van der Waals surface area contributed by atoms with E-state index in [-0.39, 0.29) is 0 Å². The summed E-state index contributed by atoms with van der Waals surface area (Å²) in [6, 6.07) is 7.52. The van der Waals surface area contributed by atoms with Crippen molar-refractivity contribution in [3.8, 4) is 0 Å². The van der Waals surface area contributed by atoms with Crippen LogP contribution in [0, 0.1) is 0 Å². The Labute approximate surface area is 92.4 Å². The minimum Gasteiger partial charge on any atom is -0.474 e. The summed E-state index contributed by atoms with van der Waals surface area (Å²) in [4.78, 5) is 0. The third-order valence-corrected chi connectivity index (χ3v) is 2.76. The lowest BCUT2D eigenvalue weighted by molar-refractivity contribution is 0.310. The lowest BCUT2D eigenvalue weighted by atomic mass is 10.2. The molecule has 0 atom stereocenters. The van der Waals surface area contributed by atoms with Crippen LogP contribution in [0.5, 0.6) is 0 Å². The van der Waals surface area contributed by atoms with Gasteiger partial charge in [0.15, 0.2) is 0 Å². The number of hydrogen-bond donors (Lipinski definition) is 0. The van der Waals surface area contributed by atoms with Crippen LogP contribution in [0.4, 0.5) is 0 Å². The summed E-state index contributed by atoms with van der Waals surface area (Å²) in [6.45, 7) is 0.511. The van der Waals surface area contributed by atoms with Crippen LogP contribution < -0.4 is 0 Å². The fourth-order valence-electron chi connectivity index (χ4n) is 0.782. The van der Waals surface area contributed by atoms with E-state index in [1.165, 1.54) is 11.8 Å². The second-order valence-electron chi connectivity index (χ2n) is 2.37. The van der Waals surface area contributed by atoms with Crippen LogP contribution in [0.25, 0.3) is 0 Å². The number of ether oxygens (including phenoxy) is 1. The molecule has 0 N–H and O–H groups in total. The Morgan fingerprint density at radius 1 is 1.46 bits per heavy atom. The Hall–Kier alpha value is -0.250. The molecule has 0 saturated carbocycles. The average Bonchev–Trinajstić information content (AvgIpc) is 2.16. The first-order valence-electron chi connectivity index (χ1n) is 3.67. The number of halogens is 1. The Kier molecular flexibility index (Phi) is 4.56. The predicted octanol–water partition coefficient (Wildman–Crippen LogP) is 3.50. The lowest BCUT2D eigenvalue weighted by Crippen LogP contribution is -1.96. The maximum Gasteiger partial charge on any atom is 0.220 e. The monoisotopic (exact) mass is 232 g/mol. The van der Waals surface area contributed by atoms with E-state index in [0.29, 0.717) is 11.0 Å². The van der Waals surface area contributed by atoms with Gasteiger partial charge in [-0.2, -0.15) is 0 Å². The third-order valence-electron chi connectivity index (χ3n) is 1.44. The Balaban J connectivity index is 2.46. The van der Waals surface area contributed by atoms with E-state index in [1.54, 1.807) is 0 Å². The van der Waals surface area contributed by atoms with Gasteiger partial charge in [-0.3, -0.25) is 0 Å². The molecule has 0 aromatic heterocycles. The summed E-state index contributed by atoms with van der Waals surface area (Å²) in [5.74, 6) is 0. The van der Waals surface area contributed by atoms with Crippen LogP contribution in [-0.4, -0.2) is 10.6 Å². The first-order chi connectivity index (χ1) is 6.22. The molecule has 0 fully saturated rings. The van der Waals surface area contributed by atoms with Crippen molar-refractivity contribution < 1.29 is 4.74 Å². The highest BCUT2D eigenvalue weighted by Crippen LogP contribution is 2.11. The standard InChI is InChI=1S/C9H9ClOS2/c1-13-9(12)11-6-7-2-4-8(10)5-3-7/h2-5H,6H2,1H3. The topological polar surface area (TPSA) is 9.23 Å². The molecule has 13 heavy (non-hydrogen) atoms. The van der Waals surface area contributed by atoms with Gasteiger partial charge in [0.1, 0.15) is 6.61 Å². The van der Waals surface area contributed by atoms with Gasteiger partial charge in [-0.05, 0) is 36.2 Å². The van der Waals surface area contributed by atoms with Crippen molar-refractivity contribution >= 4 is 40.0 Å². The molecule has 0 radical (unpaired) electrons. The number of thiocarbonyl (C=S) groups is 1. The Morgan fingerprint density at radius 2 is 2.08 bits per heavy atom. The molecule has 1 aromatic rings. The number of hydrogen-bond acceptors (Lipinski definition) is 3. The predicted molar refractivity (Wildman–Crippen MR) is 62.4 cm³/mol. The van der Waals surface area contributed by atoms with Gasteiger partial charge in [-0.1, -0.05) is 35.5 Å². The van der Waals surface area contributed by atoms with Gasteiger partial charge in [-0.25, -0.2) is 0 Å². The highest BCUT2D eigenvalue weighted by Gasteiger charge is 1.96. The van der Waals surface area contributed by atoms with Crippen LogP contribution >= 0.6 is 35.6 Å². The quantitative estimate of drug-likeness (QED) is 0.723. The third kappa shape index (κ3) is 3.98. The maximum absolute atomic E-state index is 5.73. The molecule has 4 heteroatoms. The van der Waals surface area contributed by atoms with Gasteiger partial charge in [0.2, 0.25) is 4.38 Å². The molecule has 0 aliphatic carbocycles. The molecule has 0 aliphatic heterocycles. The van der Waals surface area contributed by atoms with E-state index in [2.05, 4.69) is 0 Å². The van der Waals surface area contributed by atoms with E-state index in [4.69, 9.17) is 28.6 Å². The van der Waals surface area contributed by atoms with Crippen molar-refractivity contribution in [1.29, 1.82) is 0 Å². The summed E-state index contributed by atoms with van der Waals surface area (Å²) in [5, 5.41) is 0.733. The van der Waals surface area contributed by atoms with Gasteiger partial charge in [-0.15, -0.1) is 0 Å². The van der Waals surface area contributed by atoms with Crippen LogP contribution in [0.2, 0.25) is 5.02 Å². The molecule has 70 valence electrons. The zero-order valence-corrected chi connectivity index (χ0v) is 9.51. The molecule has 0 spiro atoms. The molecular weight excluding hydrogens is 224 g/mol. The second kappa shape index (κ2) is 5.47. The Bertz CT molecular complexity index is 284. The first-order valence-corrected chi connectivity index (χ1v) is 5.68. The van der Waals surface area contributed by atoms with Crippen molar-refractivity contribution in [3.63, 3.8) is 0 Å². The first kappa shape index (κ1) is 10.8. The normalized spacial score (nSPS) is 9.69. The molecule has 0 unspecified atom stereocenters. The van der Waals surface area contributed by atoms with Crippen LogP contribution in [0.3, 0.4) is 0 Å². The molecule has 0 saturated heterocycles. The van der Waals surface area contributed by atoms with Crippen molar-refractivity contribution in [2.24, 2.45) is 0 Å². The largest absolute Gasteiger partial charge is 0.474 e. The van der Waals surface area contributed by atoms with E-state index < -0.39 is 0 Å². The van der Waals surface area contributed by atoms with E-state index in [0.717, 1.165) is 10.6 Å². The highest BCUT2D eigenvalue weighted by atomic mass is 35.5.